The van der Waals surface area contributed by atoms with Crippen LogP contribution in [-0.2, 0) is 9.59 Å². The van der Waals surface area contributed by atoms with Crippen molar-refractivity contribution in [2.75, 3.05) is 16.8 Å². The van der Waals surface area contributed by atoms with Crippen LogP contribution in [-0.4, -0.2) is 44.3 Å². The molecule has 2 N–H and O–H groups in total. The molecule has 3 heterocycles. The molecule has 3 aromatic heterocycles. The van der Waals surface area contributed by atoms with Gasteiger partial charge in [-0.05, 0) is 24.1 Å². The maximum Gasteiger partial charge on any atom is 0.231 e. The number of halogens is 3. The van der Waals surface area contributed by atoms with E-state index in [1.807, 2.05) is 6.07 Å². The number of nitriles is 1. The number of carbonyl (C=O) groups is 2. The molecule has 4 aromatic rings. The van der Waals surface area contributed by atoms with Crippen molar-refractivity contribution in [2.24, 2.45) is 5.92 Å². The number of alkyl halides is 1. The monoisotopic (exact) mass is 483 g/mol. The Bertz CT molecular complexity index is 1520. The van der Waals surface area contributed by atoms with Gasteiger partial charge in [-0.15, -0.1) is 0 Å². The number of benzene rings is 1. The second kappa shape index (κ2) is 8.07. The fourth-order valence-electron chi connectivity index (χ4n) is 3.92. The van der Waals surface area contributed by atoms with Gasteiger partial charge in [-0.25, -0.2) is 13.3 Å². The molecule has 5 rings (SSSR count). The largest absolute Gasteiger partial charge is 0.309 e. The Hall–Kier alpha value is -4.04. The van der Waals surface area contributed by atoms with Gasteiger partial charge in [-0.1, -0.05) is 11.6 Å². The first-order valence-electron chi connectivity index (χ1n) is 10.2. The zero-order valence-corrected chi connectivity index (χ0v) is 18.4. The van der Waals surface area contributed by atoms with Crippen molar-refractivity contribution in [1.82, 2.24) is 19.8 Å². The van der Waals surface area contributed by atoms with Crippen LogP contribution in [0.4, 0.5) is 20.3 Å². The highest BCUT2D eigenvalue weighted by Crippen LogP contribution is 2.43. The smallest absolute Gasteiger partial charge is 0.231 e. The Morgan fingerprint density at radius 3 is 2.88 bits per heavy atom. The van der Waals surface area contributed by atoms with E-state index in [1.54, 1.807) is 24.4 Å². The molecule has 1 aliphatic rings. The molecule has 2 amide bonds. The average Bonchev–Trinajstić information content (AvgIpc) is 3.17. The standard InChI is InChI=1S/C22H16ClF2N7O2/c1-10(33)31(5-3-26)21-19(25)18(23)17(14-9-27-29-20(14)21)11-2-4-32-12(6-11)7-16(30-32)28-22(34)13-8-15(13)24/h2,4,6-7,9,13,15H,5,8H2,1H3,(H,27,29)(H,28,30,34). The molecule has 9 nitrogen and oxygen atoms in total. The average molecular weight is 484 g/mol. The molecule has 12 heteroatoms. The first-order valence-corrected chi connectivity index (χ1v) is 10.6. The van der Waals surface area contributed by atoms with Gasteiger partial charge >= 0.3 is 0 Å². The molecule has 0 bridgehead atoms. The Labute approximate surface area is 195 Å². The summed E-state index contributed by atoms with van der Waals surface area (Å²) in [4.78, 5) is 25.1. The summed E-state index contributed by atoms with van der Waals surface area (Å²) in [6.07, 6.45) is 2.16. The molecule has 0 radical (unpaired) electrons. The molecule has 1 aromatic carbocycles. The lowest BCUT2D eigenvalue weighted by atomic mass is 10.0. The first-order chi connectivity index (χ1) is 16.3. The minimum absolute atomic E-state index is 0.156. The summed E-state index contributed by atoms with van der Waals surface area (Å²) in [5.41, 5.74) is 1.51. The highest BCUT2D eigenvalue weighted by atomic mass is 35.5. The summed E-state index contributed by atoms with van der Waals surface area (Å²) in [6.45, 7) is 0.859. The minimum Gasteiger partial charge on any atom is -0.309 e. The van der Waals surface area contributed by atoms with Gasteiger partial charge in [0.25, 0.3) is 0 Å². The summed E-state index contributed by atoms with van der Waals surface area (Å²) in [6, 6.07) is 6.81. The lowest BCUT2D eigenvalue weighted by molar-refractivity contribution is -0.118. The van der Waals surface area contributed by atoms with Crippen LogP contribution < -0.4 is 10.2 Å². The van der Waals surface area contributed by atoms with Crippen molar-refractivity contribution in [3.8, 4) is 17.2 Å². The second-order valence-corrected chi connectivity index (χ2v) is 8.31. The minimum atomic E-state index is -1.12. The maximum atomic E-state index is 15.5. The van der Waals surface area contributed by atoms with E-state index in [1.165, 1.54) is 17.6 Å². The third-order valence-corrected chi connectivity index (χ3v) is 6.05. The van der Waals surface area contributed by atoms with E-state index in [0.717, 1.165) is 4.90 Å². The number of fused-ring (bicyclic) bond motifs is 2. The molecule has 0 aliphatic heterocycles. The molecule has 34 heavy (non-hydrogen) atoms. The summed E-state index contributed by atoms with van der Waals surface area (Å²) in [5.74, 6) is -2.21. The molecule has 1 aliphatic carbocycles. The molecule has 0 spiro atoms. The van der Waals surface area contributed by atoms with Crippen LogP contribution in [0.15, 0.2) is 30.6 Å². The number of nitrogens with zero attached hydrogens (tertiary/aromatic N) is 5. The van der Waals surface area contributed by atoms with E-state index >= 15 is 4.39 Å². The Morgan fingerprint density at radius 2 is 2.21 bits per heavy atom. The van der Waals surface area contributed by atoms with Gasteiger partial charge in [0.15, 0.2) is 11.6 Å². The van der Waals surface area contributed by atoms with Gasteiger partial charge in [0.05, 0.1) is 34.2 Å². The number of H-pyrrole nitrogens is 1. The number of amides is 2. The normalized spacial score (nSPS) is 17.0. The summed E-state index contributed by atoms with van der Waals surface area (Å²) in [7, 11) is 0. The van der Waals surface area contributed by atoms with Crippen LogP contribution in [0.2, 0.25) is 5.02 Å². The van der Waals surface area contributed by atoms with Crippen LogP contribution in [0.25, 0.3) is 27.5 Å². The fourth-order valence-corrected chi connectivity index (χ4v) is 4.22. The van der Waals surface area contributed by atoms with Gasteiger partial charge in [-0.3, -0.25) is 19.6 Å². The van der Waals surface area contributed by atoms with E-state index in [2.05, 4.69) is 20.6 Å². The van der Waals surface area contributed by atoms with Crippen LogP contribution >= 0.6 is 11.6 Å². The number of nitrogens with one attached hydrogen (secondary N) is 2. The predicted octanol–water partition coefficient (Wildman–Crippen LogP) is 3.84. The van der Waals surface area contributed by atoms with Crippen molar-refractivity contribution in [1.29, 1.82) is 5.26 Å². The highest BCUT2D eigenvalue weighted by molar-refractivity contribution is 6.36. The molecule has 1 fully saturated rings. The third-order valence-electron chi connectivity index (χ3n) is 5.70. The Morgan fingerprint density at radius 1 is 1.44 bits per heavy atom. The molecule has 2 atom stereocenters. The number of anilines is 2. The number of hydrogen-bond donors (Lipinski definition) is 2. The van der Waals surface area contributed by atoms with Gasteiger partial charge in [-0.2, -0.15) is 15.5 Å². The Kier molecular flexibility index (Phi) is 5.17. The van der Waals surface area contributed by atoms with Gasteiger partial charge in [0, 0.05) is 30.1 Å². The van der Waals surface area contributed by atoms with Crippen molar-refractivity contribution >= 4 is 51.3 Å². The zero-order chi connectivity index (χ0) is 24.1. The maximum absolute atomic E-state index is 15.5. The van der Waals surface area contributed by atoms with Crippen LogP contribution in [0.5, 0.6) is 0 Å². The van der Waals surface area contributed by atoms with Crippen molar-refractivity contribution in [3.05, 3.63) is 41.4 Å². The first kappa shape index (κ1) is 21.8. The predicted molar refractivity (Wildman–Crippen MR) is 121 cm³/mol. The van der Waals surface area contributed by atoms with Crippen molar-refractivity contribution < 1.29 is 18.4 Å². The summed E-state index contributed by atoms with van der Waals surface area (Å²) < 4.78 is 30.1. The third kappa shape index (κ3) is 3.52. The number of aromatic nitrogens is 4. The van der Waals surface area contributed by atoms with E-state index in [4.69, 9.17) is 16.9 Å². The molecule has 172 valence electrons. The van der Waals surface area contributed by atoms with Gasteiger partial charge in [0.1, 0.15) is 18.4 Å². The van der Waals surface area contributed by atoms with E-state index in [9.17, 15) is 14.0 Å². The zero-order valence-electron chi connectivity index (χ0n) is 17.6. The SMILES string of the molecule is CC(=O)N(CC#N)c1c(F)c(Cl)c(-c2ccn3nc(NC(=O)C4CC4F)cc3c2)c2cn[nH]c12. The van der Waals surface area contributed by atoms with E-state index < -0.39 is 29.7 Å². The van der Waals surface area contributed by atoms with Gasteiger partial charge < -0.3 is 5.32 Å². The van der Waals surface area contributed by atoms with E-state index in [0.29, 0.717) is 22.0 Å². The van der Waals surface area contributed by atoms with Crippen LogP contribution in [0.1, 0.15) is 13.3 Å². The molecule has 0 saturated heterocycles. The Balaban J connectivity index is 1.60. The molecule has 2 unspecified atom stereocenters. The fraction of sp³-hybridized carbons (Fsp3) is 0.227. The summed E-state index contributed by atoms with van der Waals surface area (Å²) in [5, 5.41) is 22.8. The summed E-state index contributed by atoms with van der Waals surface area (Å²) >= 11 is 6.45. The van der Waals surface area contributed by atoms with Crippen LogP contribution in [0, 0.1) is 23.1 Å². The number of hydrogen-bond acceptors (Lipinski definition) is 5. The molecular formula is C22H16ClF2N7O2. The number of rotatable bonds is 5. The van der Waals surface area contributed by atoms with Gasteiger partial charge in [0.2, 0.25) is 11.8 Å². The van der Waals surface area contributed by atoms with Crippen LogP contribution in [0.3, 0.4) is 0 Å². The molecule has 1 saturated carbocycles. The molecular weight excluding hydrogens is 468 g/mol. The van der Waals surface area contributed by atoms with E-state index in [-0.39, 0.29) is 35.0 Å². The van der Waals surface area contributed by atoms with Crippen molar-refractivity contribution in [2.45, 2.75) is 19.5 Å². The number of aromatic amines is 1. The van der Waals surface area contributed by atoms with Crippen molar-refractivity contribution in [3.63, 3.8) is 0 Å². The lowest BCUT2D eigenvalue weighted by Gasteiger charge is -2.21. The highest BCUT2D eigenvalue weighted by Gasteiger charge is 2.43. The second-order valence-electron chi connectivity index (χ2n) is 7.94. The lowest BCUT2D eigenvalue weighted by Crippen LogP contribution is -2.30. The number of pyridine rings is 1. The number of carbonyl (C=O) groups excluding carboxylic acids is 2. The topological polar surface area (TPSA) is 119 Å². The quantitative estimate of drug-likeness (QED) is 0.418.